The Kier molecular flexibility index (Phi) is 3.25. The summed E-state index contributed by atoms with van der Waals surface area (Å²) in [5, 5.41) is 2.10. The van der Waals surface area contributed by atoms with Gasteiger partial charge in [0.2, 0.25) is 0 Å². The van der Waals surface area contributed by atoms with Crippen LogP contribution >= 0.6 is 11.3 Å². The lowest BCUT2D eigenvalue weighted by Gasteiger charge is -2.14. The Hall–Kier alpha value is -1.13. The van der Waals surface area contributed by atoms with Crippen LogP contribution in [0.4, 0.5) is 0 Å². The van der Waals surface area contributed by atoms with E-state index in [2.05, 4.69) is 38.2 Å². The van der Waals surface area contributed by atoms with E-state index in [9.17, 15) is 0 Å². The monoisotopic (exact) mass is 247 g/mol. The van der Waals surface area contributed by atoms with Crippen molar-refractivity contribution in [2.24, 2.45) is 0 Å². The highest BCUT2D eigenvalue weighted by atomic mass is 32.1. The first-order valence-corrected chi connectivity index (χ1v) is 7.08. The van der Waals surface area contributed by atoms with Gasteiger partial charge in [0.25, 0.3) is 0 Å². The Morgan fingerprint density at radius 2 is 2.12 bits per heavy atom. The molecule has 3 nitrogen and oxygen atoms in total. The number of thiophene rings is 1. The second-order valence-electron chi connectivity index (χ2n) is 4.52. The molecule has 0 amide bonds. The van der Waals surface area contributed by atoms with Crippen molar-refractivity contribution in [2.75, 3.05) is 19.6 Å². The lowest BCUT2D eigenvalue weighted by atomic mass is 10.4. The van der Waals surface area contributed by atoms with Crippen molar-refractivity contribution >= 4 is 11.3 Å². The van der Waals surface area contributed by atoms with Gasteiger partial charge in [-0.2, -0.15) is 0 Å². The van der Waals surface area contributed by atoms with Gasteiger partial charge in [-0.05, 0) is 37.4 Å². The molecular weight excluding hydrogens is 230 g/mol. The summed E-state index contributed by atoms with van der Waals surface area (Å²) in [5.41, 5.74) is 1.10. The Bertz CT molecular complexity index is 455. The number of likely N-dealkylation sites (tertiary alicyclic amines) is 1. The molecule has 0 saturated carbocycles. The Morgan fingerprint density at radius 3 is 2.88 bits per heavy atom. The second-order valence-corrected chi connectivity index (χ2v) is 5.47. The van der Waals surface area contributed by atoms with Gasteiger partial charge in [-0.3, -0.25) is 0 Å². The highest BCUT2D eigenvalue weighted by Crippen LogP contribution is 2.22. The molecule has 3 heterocycles. The molecule has 1 fully saturated rings. The smallest absolute Gasteiger partial charge is 0.0981 e. The molecule has 0 aliphatic carbocycles. The molecule has 90 valence electrons. The first kappa shape index (κ1) is 11.0. The molecule has 4 heteroatoms. The van der Waals surface area contributed by atoms with Crippen LogP contribution in [0.5, 0.6) is 0 Å². The predicted molar refractivity (Wildman–Crippen MR) is 71.2 cm³/mol. The third kappa shape index (κ3) is 2.58. The van der Waals surface area contributed by atoms with Crippen LogP contribution in [0.3, 0.4) is 0 Å². The first-order chi connectivity index (χ1) is 8.42. The Labute approximate surface area is 106 Å². The summed E-state index contributed by atoms with van der Waals surface area (Å²) >= 11 is 1.75. The molecular formula is C13H17N3S. The molecule has 0 spiro atoms. The summed E-state index contributed by atoms with van der Waals surface area (Å²) in [6.45, 7) is 4.75. The minimum atomic E-state index is 1.05. The SMILES string of the molecule is c1csc(-c2cn(CCN3CCCC3)cn2)c1. The van der Waals surface area contributed by atoms with Gasteiger partial charge in [0.05, 0.1) is 16.9 Å². The van der Waals surface area contributed by atoms with Gasteiger partial charge < -0.3 is 9.47 Å². The molecule has 2 aromatic rings. The van der Waals surface area contributed by atoms with E-state index in [1.54, 1.807) is 11.3 Å². The number of aromatic nitrogens is 2. The summed E-state index contributed by atoms with van der Waals surface area (Å²) in [7, 11) is 0. The van der Waals surface area contributed by atoms with Crippen molar-refractivity contribution in [3.63, 3.8) is 0 Å². The van der Waals surface area contributed by atoms with Gasteiger partial charge in [0.1, 0.15) is 0 Å². The standard InChI is InChI=1S/C13H17N3S/c1-2-6-15(5-1)7-8-16-10-12(14-11-16)13-4-3-9-17-13/h3-4,9-11H,1-2,5-8H2. The van der Waals surface area contributed by atoms with Crippen molar-refractivity contribution in [1.29, 1.82) is 0 Å². The molecule has 2 aromatic heterocycles. The van der Waals surface area contributed by atoms with E-state index in [4.69, 9.17) is 0 Å². The van der Waals surface area contributed by atoms with Gasteiger partial charge in [-0.1, -0.05) is 6.07 Å². The molecule has 1 aliphatic heterocycles. The van der Waals surface area contributed by atoms with Crippen LogP contribution in [0.15, 0.2) is 30.0 Å². The van der Waals surface area contributed by atoms with Crippen LogP contribution < -0.4 is 0 Å². The minimum Gasteiger partial charge on any atom is -0.336 e. The van der Waals surface area contributed by atoms with E-state index in [0.717, 1.165) is 18.8 Å². The molecule has 0 atom stereocenters. The lowest BCUT2D eigenvalue weighted by molar-refractivity contribution is 0.322. The quantitative estimate of drug-likeness (QED) is 0.828. The number of hydrogen-bond acceptors (Lipinski definition) is 3. The van der Waals surface area contributed by atoms with E-state index in [1.807, 2.05) is 6.33 Å². The number of rotatable bonds is 4. The van der Waals surface area contributed by atoms with Crippen LogP contribution in [-0.4, -0.2) is 34.1 Å². The van der Waals surface area contributed by atoms with Gasteiger partial charge in [-0.15, -0.1) is 11.3 Å². The zero-order valence-electron chi connectivity index (χ0n) is 9.88. The third-order valence-electron chi connectivity index (χ3n) is 3.28. The number of nitrogens with zero attached hydrogens (tertiary/aromatic N) is 3. The maximum absolute atomic E-state index is 4.46. The largest absolute Gasteiger partial charge is 0.336 e. The van der Waals surface area contributed by atoms with E-state index in [1.165, 1.54) is 30.8 Å². The van der Waals surface area contributed by atoms with E-state index in [0.29, 0.717) is 0 Å². The topological polar surface area (TPSA) is 21.1 Å². The Balaban J connectivity index is 1.60. The molecule has 1 saturated heterocycles. The number of imidazole rings is 1. The fraction of sp³-hybridized carbons (Fsp3) is 0.462. The molecule has 17 heavy (non-hydrogen) atoms. The van der Waals surface area contributed by atoms with Crippen molar-refractivity contribution in [2.45, 2.75) is 19.4 Å². The molecule has 0 unspecified atom stereocenters. The summed E-state index contributed by atoms with van der Waals surface area (Å²) < 4.78 is 2.20. The fourth-order valence-corrected chi connectivity index (χ4v) is 2.98. The number of hydrogen-bond donors (Lipinski definition) is 0. The molecule has 0 aromatic carbocycles. The molecule has 3 rings (SSSR count). The maximum Gasteiger partial charge on any atom is 0.0981 e. The van der Waals surface area contributed by atoms with E-state index >= 15 is 0 Å². The van der Waals surface area contributed by atoms with Gasteiger partial charge in [0, 0.05) is 19.3 Å². The van der Waals surface area contributed by atoms with Crippen LogP contribution in [0, 0.1) is 0 Å². The minimum absolute atomic E-state index is 1.05. The zero-order chi connectivity index (χ0) is 11.5. The molecule has 1 aliphatic rings. The van der Waals surface area contributed by atoms with Crippen LogP contribution in [0.2, 0.25) is 0 Å². The van der Waals surface area contributed by atoms with Crippen molar-refractivity contribution in [3.8, 4) is 10.6 Å². The highest BCUT2D eigenvalue weighted by molar-refractivity contribution is 7.13. The zero-order valence-corrected chi connectivity index (χ0v) is 10.7. The molecule has 0 N–H and O–H groups in total. The van der Waals surface area contributed by atoms with Crippen molar-refractivity contribution in [3.05, 3.63) is 30.0 Å². The third-order valence-corrected chi connectivity index (χ3v) is 4.17. The highest BCUT2D eigenvalue weighted by Gasteiger charge is 2.11. The summed E-state index contributed by atoms with van der Waals surface area (Å²) in [6.07, 6.45) is 6.84. The first-order valence-electron chi connectivity index (χ1n) is 6.20. The van der Waals surface area contributed by atoms with E-state index in [-0.39, 0.29) is 0 Å². The van der Waals surface area contributed by atoms with Gasteiger partial charge in [0.15, 0.2) is 0 Å². The van der Waals surface area contributed by atoms with Crippen molar-refractivity contribution < 1.29 is 0 Å². The van der Waals surface area contributed by atoms with Gasteiger partial charge >= 0.3 is 0 Å². The fourth-order valence-electron chi connectivity index (χ4n) is 2.30. The summed E-state index contributed by atoms with van der Waals surface area (Å²) in [5.74, 6) is 0. The second kappa shape index (κ2) is 5.02. The van der Waals surface area contributed by atoms with Crippen molar-refractivity contribution in [1.82, 2.24) is 14.5 Å². The Morgan fingerprint density at radius 1 is 1.24 bits per heavy atom. The lowest BCUT2D eigenvalue weighted by Crippen LogP contribution is -2.23. The summed E-state index contributed by atoms with van der Waals surface area (Å²) in [6, 6.07) is 4.20. The van der Waals surface area contributed by atoms with Gasteiger partial charge in [-0.25, -0.2) is 4.98 Å². The maximum atomic E-state index is 4.46. The normalized spacial score (nSPS) is 16.7. The van der Waals surface area contributed by atoms with Crippen LogP contribution in [0.25, 0.3) is 10.6 Å². The van der Waals surface area contributed by atoms with E-state index < -0.39 is 0 Å². The van der Waals surface area contributed by atoms with Crippen LogP contribution in [0.1, 0.15) is 12.8 Å². The summed E-state index contributed by atoms with van der Waals surface area (Å²) in [4.78, 5) is 8.25. The molecule has 0 bridgehead atoms. The average molecular weight is 247 g/mol. The molecule has 0 radical (unpaired) electrons. The van der Waals surface area contributed by atoms with Crippen LogP contribution in [-0.2, 0) is 6.54 Å². The predicted octanol–water partition coefficient (Wildman–Crippen LogP) is 2.71. The average Bonchev–Trinajstić information content (AvgIpc) is 3.09.